The van der Waals surface area contributed by atoms with Crippen LogP contribution in [-0.2, 0) is 16.1 Å². The summed E-state index contributed by atoms with van der Waals surface area (Å²) >= 11 is 0. The number of carbonyl (C=O) groups is 1. The van der Waals surface area contributed by atoms with Crippen LogP contribution in [0.4, 0.5) is 0 Å². The van der Waals surface area contributed by atoms with Crippen molar-refractivity contribution in [2.24, 2.45) is 0 Å². The normalized spacial score (nSPS) is 10.6. The fourth-order valence-corrected chi connectivity index (χ4v) is 2.21. The van der Waals surface area contributed by atoms with Gasteiger partial charge in [0.2, 0.25) is 5.91 Å². The molecule has 0 fully saturated rings. The predicted octanol–water partition coefficient (Wildman–Crippen LogP) is 2.39. The van der Waals surface area contributed by atoms with Crippen molar-refractivity contribution in [2.45, 2.75) is 13.3 Å². The molecule has 0 bridgehead atoms. The average Bonchev–Trinajstić information content (AvgIpc) is 2.47. The van der Waals surface area contributed by atoms with Gasteiger partial charge in [0.05, 0.1) is 0 Å². The van der Waals surface area contributed by atoms with Crippen LogP contribution in [0, 0.1) is 0 Å². The highest BCUT2D eigenvalue weighted by Crippen LogP contribution is 2.24. The maximum atomic E-state index is 10.9. The number of nitrogens with one attached hydrogen (secondary N) is 1. The third-order valence-electron chi connectivity index (χ3n) is 3.15. The van der Waals surface area contributed by atoms with Gasteiger partial charge in [0.15, 0.2) is 0 Å². The average molecular weight is 289 g/mol. The Kier molecular flexibility index (Phi) is 5.54. The summed E-state index contributed by atoms with van der Waals surface area (Å²) in [5.41, 5.74) is 1.19. The monoisotopic (exact) mass is 289 g/mol. The van der Waals surface area contributed by atoms with Crippen LogP contribution in [0.15, 0.2) is 36.4 Å². The minimum atomic E-state index is -0.0166. The molecule has 2 aromatic rings. The Balaban J connectivity index is 2.11. The number of hydrogen-bond donors (Lipinski definition) is 2. The van der Waals surface area contributed by atoms with Gasteiger partial charge in [-0.2, -0.15) is 0 Å². The number of benzene rings is 2. The second-order valence-corrected chi connectivity index (χ2v) is 4.71. The highest BCUT2D eigenvalue weighted by molar-refractivity contribution is 5.87. The Hall–Kier alpha value is -2.11. The summed E-state index contributed by atoms with van der Waals surface area (Å²) in [6.45, 7) is 2.57. The van der Waals surface area contributed by atoms with E-state index in [9.17, 15) is 4.79 Å². The molecule has 1 amide bonds. The fraction of sp³-hybridized carbons (Fsp3) is 0.312. The van der Waals surface area contributed by atoms with Crippen LogP contribution in [0.5, 0.6) is 5.75 Å². The maximum Gasteiger partial charge on any atom is 0.216 e. The van der Waals surface area contributed by atoms with Crippen molar-refractivity contribution >= 4 is 16.7 Å². The number of carbonyl (C=O) groups excluding carboxylic acids is 1. The third-order valence-corrected chi connectivity index (χ3v) is 3.15. The molecule has 0 radical (unpaired) electrons. The molecule has 0 aromatic heterocycles. The van der Waals surface area contributed by atoms with Crippen molar-refractivity contribution in [1.29, 1.82) is 0 Å². The van der Waals surface area contributed by atoms with E-state index in [1.54, 1.807) is 0 Å². The summed E-state index contributed by atoms with van der Waals surface area (Å²) in [7, 11) is 0. The molecule has 0 atom stereocenters. The second kappa shape index (κ2) is 7.61. The molecule has 5 nitrogen and oxygen atoms in total. The minimum absolute atomic E-state index is 0.0166. The molecule has 0 spiro atoms. The highest BCUT2D eigenvalue weighted by Gasteiger charge is 2.03. The molecule has 0 heterocycles. The van der Waals surface area contributed by atoms with E-state index < -0.39 is 0 Å². The first-order valence-corrected chi connectivity index (χ1v) is 6.86. The summed E-state index contributed by atoms with van der Waals surface area (Å²) in [5.74, 6) is 0.718. The Bertz CT molecular complexity index is 612. The molecule has 0 saturated carbocycles. The number of amides is 1. The molecule has 2 aromatic carbocycles. The second-order valence-electron chi connectivity index (χ2n) is 4.71. The number of rotatable bonds is 7. The van der Waals surface area contributed by atoms with Crippen molar-refractivity contribution in [3.63, 3.8) is 0 Å². The molecule has 0 aliphatic carbocycles. The van der Waals surface area contributed by atoms with E-state index in [1.165, 1.54) is 12.5 Å². The lowest BCUT2D eigenvalue weighted by Crippen LogP contribution is -2.22. The standard InChI is InChI=1S/C16H19NO4/c1-12(18)17-8-7-13-3-2-4-14-11-15(5-6-16(13)14)20-9-10-21-19/h2-6,11,19H,7-10H2,1H3,(H,17,18). The van der Waals surface area contributed by atoms with Gasteiger partial charge < -0.3 is 10.1 Å². The van der Waals surface area contributed by atoms with Gasteiger partial charge in [-0.15, -0.1) is 0 Å². The van der Waals surface area contributed by atoms with E-state index in [0.29, 0.717) is 13.2 Å². The number of ether oxygens (including phenoxy) is 1. The molecule has 112 valence electrons. The smallest absolute Gasteiger partial charge is 0.216 e. The molecule has 2 rings (SSSR count). The molecule has 5 heteroatoms. The van der Waals surface area contributed by atoms with Gasteiger partial charge in [0.25, 0.3) is 0 Å². The molecular formula is C16H19NO4. The van der Waals surface area contributed by atoms with Gasteiger partial charge >= 0.3 is 0 Å². The minimum Gasteiger partial charge on any atom is -0.491 e. The Labute approximate surface area is 123 Å². The number of fused-ring (bicyclic) bond motifs is 1. The van der Waals surface area contributed by atoms with E-state index in [-0.39, 0.29) is 12.5 Å². The molecule has 0 aliphatic rings. The van der Waals surface area contributed by atoms with Gasteiger partial charge in [-0.25, -0.2) is 4.89 Å². The summed E-state index contributed by atoms with van der Waals surface area (Å²) in [5, 5.41) is 13.3. The fourth-order valence-electron chi connectivity index (χ4n) is 2.21. The first-order chi connectivity index (χ1) is 10.2. The zero-order chi connectivity index (χ0) is 15.1. The quantitative estimate of drug-likeness (QED) is 0.466. The van der Waals surface area contributed by atoms with Crippen LogP contribution in [-0.4, -0.2) is 30.9 Å². The molecule has 0 unspecified atom stereocenters. The van der Waals surface area contributed by atoms with Crippen LogP contribution in [0.1, 0.15) is 12.5 Å². The van der Waals surface area contributed by atoms with E-state index in [0.717, 1.165) is 22.9 Å². The van der Waals surface area contributed by atoms with Crippen LogP contribution in [0.2, 0.25) is 0 Å². The van der Waals surface area contributed by atoms with Gasteiger partial charge in [0, 0.05) is 13.5 Å². The number of hydrogen-bond acceptors (Lipinski definition) is 4. The molecule has 0 aliphatic heterocycles. The van der Waals surface area contributed by atoms with Crippen LogP contribution >= 0.6 is 0 Å². The van der Waals surface area contributed by atoms with Gasteiger partial charge in [-0.1, -0.05) is 24.3 Å². The zero-order valence-electron chi connectivity index (χ0n) is 12.0. The van der Waals surface area contributed by atoms with E-state index >= 15 is 0 Å². The van der Waals surface area contributed by atoms with Crippen molar-refractivity contribution < 1.29 is 19.7 Å². The Morgan fingerprint density at radius 1 is 1.24 bits per heavy atom. The van der Waals surface area contributed by atoms with Gasteiger partial charge in [0.1, 0.15) is 19.0 Å². The first-order valence-electron chi connectivity index (χ1n) is 6.86. The molecular weight excluding hydrogens is 270 g/mol. The highest BCUT2D eigenvalue weighted by atomic mass is 17.1. The van der Waals surface area contributed by atoms with E-state index in [4.69, 9.17) is 9.99 Å². The van der Waals surface area contributed by atoms with Crippen molar-refractivity contribution in [3.05, 3.63) is 42.0 Å². The summed E-state index contributed by atoms with van der Waals surface area (Å²) in [6.07, 6.45) is 0.787. The SMILES string of the molecule is CC(=O)NCCc1cccc2cc(OCCOO)ccc12. The lowest BCUT2D eigenvalue weighted by molar-refractivity contribution is -0.245. The largest absolute Gasteiger partial charge is 0.491 e. The molecule has 0 saturated heterocycles. The summed E-state index contributed by atoms with van der Waals surface area (Å²) < 4.78 is 5.46. The Morgan fingerprint density at radius 3 is 2.86 bits per heavy atom. The maximum absolute atomic E-state index is 10.9. The summed E-state index contributed by atoms with van der Waals surface area (Å²) in [4.78, 5) is 14.9. The predicted molar refractivity (Wildman–Crippen MR) is 80.4 cm³/mol. The third kappa shape index (κ3) is 4.44. The lowest BCUT2D eigenvalue weighted by Gasteiger charge is -2.10. The van der Waals surface area contributed by atoms with Crippen LogP contribution < -0.4 is 10.1 Å². The molecule has 21 heavy (non-hydrogen) atoms. The van der Waals surface area contributed by atoms with Crippen molar-refractivity contribution in [2.75, 3.05) is 19.8 Å². The van der Waals surface area contributed by atoms with Gasteiger partial charge in [-0.05, 0) is 34.9 Å². The van der Waals surface area contributed by atoms with Gasteiger partial charge in [-0.3, -0.25) is 10.1 Å². The van der Waals surface area contributed by atoms with Crippen molar-refractivity contribution in [1.82, 2.24) is 5.32 Å². The Morgan fingerprint density at radius 2 is 2.10 bits per heavy atom. The molecule has 2 N–H and O–H groups in total. The topological polar surface area (TPSA) is 67.8 Å². The first kappa shape index (κ1) is 15.3. The van der Waals surface area contributed by atoms with E-state index in [2.05, 4.69) is 16.3 Å². The lowest BCUT2D eigenvalue weighted by atomic mass is 10.0. The van der Waals surface area contributed by atoms with Crippen LogP contribution in [0.3, 0.4) is 0 Å². The zero-order valence-corrected chi connectivity index (χ0v) is 12.0. The van der Waals surface area contributed by atoms with E-state index in [1.807, 2.05) is 30.3 Å². The van der Waals surface area contributed by atoms with Crippen LogP contribution in [0.25, 0.3) is 10.8 Å². The summed E-state index contributed by atoms with van der Waals surface area (Å²) in [6, 6.07) is 11.9. The van der Waals surface area contributed by atoms with Crippen molar-refractivity contribution in [3.8, 4) is 5.75 Å².